The predicted molar refractivity (Wildman–Crippen MR) is 59.4 cm³/mol. The minimum absolute atomic E-state index is 0.249. The zero-order chi connectivity index (χ0) is 11.5. The van der Waals surface area contributed by atoms with E-state index in [2.05, 4.69) is 4.98 Å². The first-order valence-corrected chi connectivity index (χ1v) is 5.02. The smallest absolute Gasteiger partial charge is 0.147 e. The van der Waals surface area contributed by atoms with Gasteiger partial charge in [-0.1, -0.05) is 29.8 Å². The van der Waals surface area contributed by atoms with Crippen LogP contribution in [0.5, 0.6) is 0 Å². The van der Waals surface area contributed by atoms with E-state index in [0.29, 0.717) is 5.56 Å². The Bertz CT molecular complexity index is 482. The lowest BCUT2D eigenvalue weighted by molar-refractivity contribution is 0.214. The zero-order valence-corrected chi connectivity index (χ0v) is 8.89. The maximum Gasteiger partial charge on any atom is 0.147 e. The van der Waals surface area contributed by atoms with Gasteiger partial charge in [0.1, 0.15) is 11.9 Å². The molecule has 2 aromatic rings. The van der Waals surface area contributed by atoms with Crippen LogP contribution in [0.25, 0.3) is 0 Å². The molecular weight excluding hydrogens is 205 g/mol. The predicted octanol–water partition coefficient (Wildman–Crippen LogP) is 2.61. The van der Waals surface area contributed by atoms with E-state index in [9.17, 15) is 9.50 Å². The summed E-state index contributed by atoms with van der Waals surface area (Å²) in [5.74, 6) is -0.490. The van der Waals surface area contributed by atoms with E-state index in [0.717, 1.165) is 11.8 Å². The van der Waals surface area contributed by atoms with Gasteiger partial charge < -0.3 is 5.11 Å². The molecule has 0 amide bonds. The van der Waals surface area contributed by atoms with Crippen LogP contribution in [0.15, 0.2) is 42.7 Å². The average molecular weight is 217 g/mol. The second-order valence-corrected chi connectivity index (χ2v) is 3.71. The minimum atomic E-state index is -0.941. The third kappa shape index (κ3) is 2.09. The zero-order valence-electron chi connectivity index (χ0n) is 8.89. The van der Waals surface area contributed by atoms with Crippen LogP contribution in [0.4, 0.5) is 4.39 Å². The molecule has 1 atom stereocenters. The van der Waals surface area contributed by atoms with E-state index < -0.39 is 11.9 Å². The Kier molecular flexibility index (Phi) is 2.97. The first-order valence-electron chi connectivity index (χ1n) is 5.02. The Balaban J connectivity index is 2.35. The third-order valence-electron chi connectivity index (χ3n) is 2.49. The van der Waals surface area contributed by atoms with Gasteiger partial charge in [-0.25, -0.2) is 4.39 Å². The highest BCUT2D eigenvalue weighted by Crippen LogP contribution is 2.23. The van der Waals surface area contributed by atoms with E-state index in [-0.39, 0.29) is 5.56 Å². The number of halogens is 1. The first-order chi connectivity index (χ1) is 7.68. The molecule has 1 unspecified atom stereocenters. The summed E-state index contributed by atoms with van der Waals surface area (Å²) in [4.78, 5) is 3.65. The van der Waals surface area contributed by atoms with Crippen molar-refractivity contribution in [1.29, 1.82) is 0 Å². The van der Waals surface area contributed by atoms with E-state index in [1.165, 1.54) is 12.3 Å². The Morgan fingerprint density at radius 2 is 1.88 bits per heavy atom. The molecule has 2 nitrogen and oxygen atoms in total. The van der Waals surface area contributed by atoms with Crippen molar-refractivity contribution in [1.82, 2.24) is 4.98 Å². The Morgan fingerprint density at radius 3 is 2.50 bits per heavy atom. The highest BCUT2D eigenvalue weighted by atomic mass is 19.1. The molecule has 2 rings (SSSR count). The normalized spacial score (nSPS) is 12.4. The molecule has 82 valence electrons. The van der Waals surface area contributed by atoms with Crippen molar-refractivity contribution in [2.24, 2.45) is 0 Å². The molecule has 1 aromatic carbocycles. The SMILES string of the molecule is Cc1ccc(C(O)c2ccncc2F)cc1. The molecule has 0 saturated heterocycles. The molecule has 0 bridgehead atoms. The average Bonchev–Trinajstić information content (AvgIpc) is 2.30. The Labute approximate surface area is 93.4 Å². The molecular formula is C13H12FNO. The van der Waals surface area contributed by atoms with Gasteiger partial charge in [-0.15, -0.1) is 0 Å². The van der Waals surface area contributed by atoms with Gasteiger partial charge >= 0.3 is 0 Å². The van der Waals surface area contributed by atoms with Gasteiger partial charge in [0.15, 0.2) is 0 Å². The third-order valence-corrected chi connectivity index (χ3v) is 2.49. The Hall–Kier alpha value is -1.74. The number of nitrogens with zero attached hydrogens (tertiary/aromatic N) is 1. The summed E-state index contributed by atoms with van der Waals surface area (Å²) in [6, 6.07) is 8.84. The molecule has 16 heavy (non-hydrogen) atoms. The molecule has 0 spiro atoms. The summed E-state index contributed by atoms with van der Waals surface area (Å²) in [6.07, 6.45) is 1.63. The molecule has 0 aliphatic carbocycles. The summed E-state index contributed by atoms with van der Waals surface area (Å²) in [5.41, 5.74) is 2.03. The summed E-state index contributed by atoms with van der Waals surface area (Å²) in [7, 11) is 0. The second kappa shape index (κ2) is 4.41. The van der Waals surface area contributed by atoms with E-state index in [1.807, 2.05) is 19.1 Å². The summed E-state index contributed by atoms with van der Waals surface area (Å²) < 4.78 is 13.4. The van der Waals surface area contributed by atoms with Crippen molar-refractivity contribution < 1.29 is 9.50 Å². The number of benzene rings is 1. The molecule has 0 saturated carbocycles. The van der Waals surface area contributed by atoms with Crippen LogP contribution >= 0.6 is 0 Å². The highest BCUT2D eigenvalue weighted by molar-refractivity contribution is 5.31. The van der Waals surface area contributed by atoms with Crippen molar-refractivity contribution in [3.8, 4) is 0 Å². The van der Waals surface area contributed by atoms with Gasteiger partial charge in [0, 0.05) is 11.8 Å². The summed E-state index contributed by atoms with van der Waals surface area (Å²) >= 11 is 0. The Morgan fingerprint density at radius 1 is 1.19 bits per heavy atom. The number of aliphatic hydroxyl groups is 1. The van der Waals surface area contributed by atoms with E-state index >= 15 is 0 Å². The van der Waals surface area contributed by atoms with Gasteiger partial charge in [-0.2, -0.15) is 0 Å². The molecule has 0 aliphatic heterocycles. The van der Waals surface area contributed by atoms with E-state index in [4.69, 9.17) is 0 Å². The monoisotopic (exact) mass is 217 g/mol. The largest absolute Gasteiger partial charge is 0.384 e. The van der Waals surface area contributed by atoms with Crippen molar-refractivity contribution in [2.45, 2.75) is 13.0 Å². The van der Waals surface area contributed by atoms with Gasteiger partial charge in [-0.3, -0.25) is 4.98 Å². The first kappa shape index (κ1) is 10.8. The second-order valence-electron chi connectivity index (χ2n) is 3.71. The number of hydrogen-bond donors (Lipinski definition) is 1. The topological polar surface area (TPSA) is 33.1 Å². The quantitative estimate of drug-likeness (QED) is 0.838. The molecule has 1 N–H and O–H groups in total. The maximum absolute atomic E-state index is 13.4. The standard InChI is InChI=1S/C13H12FNO/c1-9-2-4-10(5-3-9)13(16)11-6-7-15-8-12(11)14/h2-8,13,16H,1H3. The van der Waals surface area contributed by atoms with Crippen LogP contribution in [0, 0.1) is 12.7 Å². The van der Waals surface area contributed by atoms with Gasteiger partial charge in [0.05, 0.1) is 6.20 Å². The van der Waals surface area contributed by atoms with Crippen LogP contribution in [0.2, 0.25) is 0 Å². The van der Waals surface area contributed by atoms with Gasteiger partial charge in [-0.05, 0) is 18.6 Å². The van der Waals surface area contributed by atoms with Crippen LogP contribution in [-0.4, -0.2) is 10.1 Å². The minimum Gasteiger partial charge on any atom is -0.384 e. The van der Waals surface area contributed by atoms with Crippen molar-refractivity contribution in [3.05, 3.63) is 65.2 Å². The molecule has 1 heterocycles. The summed E-state index contributed by atoms with van der Waals surface area (Å²) in [6.45, 7) is 1.96. The lowest BCUT2D eigenvalue weighted by Crippen LogP contribution is -2.02. The highest BCUT2D eigenvalue weighted by Gasteiger charge is 2.14. The fourth-order valence-electron chi connectivity index (χ4n) is 1.54. The fourth-order valence-corrected chi connectivity index (χ4v) is 1.54. The number of pyridine rings is 1. The molecule has 3 heteroatoms. The number of aromatic nitrogens is 1. The van der Waals surface area contributed by atoms with Crippen molar-refractivity contribution >= 4 is 0 Å². The number of aryl methyl sites for hydroxylation is 1. The molecule has 1 aromatic heterocycles. The number of hydrogen-bond acceptors (Lipinski definition) is 2. The van der Waals surface area contributed by atoms with Crippen LogP contribution in [-0.2, 0) is 0 Å². The molecule has 0 fully saturated rings. The molecule has 0 aliphatic rings. The maximum atomic E-state index is 13.4. The van der Waals surface area contributed by atoms with Gasteiger partial charge in [0.2, 0.25) is 0 Å². The van der Waals surface area contributed by atoms with Crippen LogP contribution < -0.4 is 0 Å². The fraction of sp³-hybridized carbons (Fsp3) is 0.154. The lowest BCUT2D eigenvalue weighted by atomic mass is 10.0. The number of rotatable bonds is 2. The summed E-state index contributed by atoms with van der Waals surface area (Å²) in [5, 5.41) is 10.00. The molecule has 0 radical (unpaired) electrons. The van der Waals surface area contributed by atoms with Gasteiger partial charge in [0.25, 0.3) is 0 Å². The van der Waals surface area contributed by atoms with Crippen molar-refractivity contribution in [2.75, 3.05) is 0 Å². The van der Waals surface area contributed by atoms with Crippen LogP contribution in [0.3, 0.4) is 0 Å². The van der Waals surface area contributed by atoms with E-state index in [1.54, 1.807) is 12.1 Å². The number of aliphatic hydroxyl groups excluding tert-OH is 1. The van der Waals surface area contributed by atoms with Crippen molar-refractivity contribution in [3.63, 3.8) is 0 Å². The van der Waals surface area contributed by atoms with Crippen LogP contribution in [0.1, 0.15) is 22.8 Å². The lowest BCUT2D eigenvalue weighted by Gasteiger charge is -2.12.